The van der Waals surface area contributed by atoms with Crippen LogP contribution in [0.2, 0.25) is 0 Å². The van der Waals surface area contributed by atoms with Gasteiger partial charge >= 0.3 is 0 Å². The maximum Gasteiger partial charge on any atom is 0.244 e. The highest BCUT2D eigenvalue weighted by Gasteiger charge is 2.44. The van der Waals surface area contributed by atoms with Crippen molar-refractivity contribution in [1.29, 1.82) is 0 Å². The zero-order valence-corrected chi connectivity index (χ0v) is 14.5. The fourth-order valence-corrected chi connectivity index (χ4v) is 3.09. The van der Waals surface area contributed by atoms with E-state index in [1.165, 1.54) is 11.8 Å². The van der Waals surface area contributed by atoms with E-state index in [2.05, 4.69) is 5.32 Å². The van der Waals surface area contributed by atoms with E-state index in [0.29, 0.717) is 11.3 Å². The summed E-state index contributed by atoms with van der Waals surface area (Å²) in [7, 11) is 0. The number of fused-ring (bicyclic) bond motifs is 1. The highest BCUT2D eigenvalue weighted by atomic mass is 16.2. The number of para-hydroxylation sites is 1. The van der Waals surface area contributed by atoms with Crippen molar-refractivity contribution in [2.75, 3.05) is 16.8 Å². The fraction of sp³-hybridized carbons (Fsp3) is 0.250. The molecule has 1 aliphatic heterocycles. The summed E-state index contributed by atoms with van der Waals surface area (Å²) in [5.74, 6) is -0.397. The van der Waals surface area contributed by atoms with E-state index in [0.717, 1.165) is 11.3 Å². The lowest BCUT2D eigenvalue weighted by Gasteiger charge is -2.20. The molecule has 0 unspecified atom stereocenters. The van der Waals surface area contributed by atoms with Crippen LogP contribution in [0.3, 0.4) is 0 Å². The molecular weight excluding hydrogens is 316 g/mol. The number of nitrogens with one attached hydrogen (secondary N) is 1. The first-order valence-corrected chi connectivity index (χ1v) is 8.13. The molecule has 0 aromatic heterocycles. The smallest absolute Gasteiger partial charge is 0.244 e. The molecule has 5 heteroatoms. The van der Waals surface area contributed by atoms with Crippen molar-refractivity contribution in [3.8, 4) is 0 Å². The lowest BCUT2D eigenvalue weighted by atomic mass is 9.86. The maximum atomic E-state index is 12.7. The summed E-state index contributed by atoms with van der Waals surface area (Å²) in [5.41, 5.74) is 2.25. The number of Topliss-reactive ketones (excluding diaryl/α,β-unsaturated/α-hetero) is 1. The molecule has 0 bridgehead atoms. The van der Waals surface area contributed by atoms with Crippen LogP contribution >= 0.6 is 0 Å². The van der Waals surface area contributed by atoms with E-state index < -0.39 is 5.41 Å². The van der Waals surface area contributed by atoms with Crippen LogP contribution in [0, 0.1) is 0 Å². The molecule has 2 aromatic carbocycles. The van der Waals surface area contributed by atoms with Gasteiger partial charge in [0.05, 0.1) is 5.41 Å². The predicted molar refractivity (Wildman–Crippen MR) is 96.9 cm³/mol. The second-order valence-electron chi connectivity index (χ2n) is 6.72. The first kappa shape index (κ1) is 16.9. The summed E-state index contributed by atoms with van der Waals surface area (Å²) in [4.78, 5) is 37.9. The monoisotopic (exact) mass is 336 g/mol. The first-order chi connectivity index (χ1) is 11.8. The quantitative estimate of drug-likeness (QED) is 0.872. The lowest BCUT2D eigenvalue weighted by molar-refractivity contribution is -0.124. The van der Waals surface area contributed by atoms with Crippen LogP contribution in [0.15, 0.2) is 48.5 Å². The first-order valence-electron chi connectivity index (χ1n) is 8.13. The molecule has 0 fully saturated rings. The molecule has 0 saturated heterocycles. The number of nitrogens with zero attached hydrogens (tertiary/aromatic N) is 1. The highest BCUT2D eigenvalue weighted by molar-refractivity contribution is 6.11. The van der Waals surface area contributed by atoms with Crippen LogP contribution in [0.5, 0.6) is 0 Å². The SMILES string of the molecule is CC(=O)c1ccc(NC(=O)CN2C(=O)C(C)(C)c3ccccc32)cc1. The number of rotatable bonds is 4. The van der Waals surface area contributed by atoms with Crippen LogP contribution in [0.1, 0.15) is 36.7 Å². The van der Waals surface area contributed by atoms with Gasteiger partial charge in [0.1, 0.15) is 6.54 Å². The molecule has 2 aromatic rings. The Hall–Kier alpha value is -2.95. The van der Waals surface area contributed by atoms with Crippen LogP contribution in [-0.2, 0) is 15.0 Å². The predicted octanol–water partition coefficient (Wildman–Crippen LogP) is 3.15. The van der Waals surface area contributed by atoms with Gasteiger partial charge in [-0.1, -0.05) is 18.2 Å². The topological polar surface area (TPSA) is 66.5 Å². The molecule has 0 radical (unpaired) electrons. The van der Waals surface area contributed by atoms with Crippen LogP contribution < -0.4 is 10.2 Å². The minimum absolute atomic E-state index is 0.0284. The zero-order valence-electron chi connectivity index (χ0n) is 14.5. The van der Waals surface area contributed by atoms with Crippen molar-refractivity contribution in [3.05, 3.63) is 59.7 Å². The van der Waals surface area contributed by atoms with Gasteiger partial charge in [0.15, 0.2) is 5.78 Å². The Morgan fingerprint density at radius 3 is 2.32 bits per heavy atom. The molecule has 128 valence electrons. The third-order valence-electron chi connectivity index (χ3n) is 4.52. The minimum atomic E-state index is -0.639. The Kier molecular flexibility index (Phi) is 4.17. The van der Waals surface area contributed by atoms with E-state index >= 15 is 0 Å². The van der Waals surface area contributed by atoms with Crippen molar-refractivity contribution in [3.63, 3.8) is 0 Å². The molecule has 0 aliphatic carbocycles. The Morgan fingerprint density at radius 2 is 1.68 bits per heavy atom. The van der Waals surface area contributed by atoms with Gasteiger partial charge in [0.25, 0.3) is 0 Å². The van der Waals surface area contributed by atoms with Crippen molar-refractivity contribution < 1.29 is 14.4 Å². The number of ketones is 1. The molecule has 3 rings (SSSR count). The molecule has 0 spiro atoms. The van der Waals surface area contributed by atoms with E-state index in [9.17, 15) is 14.4 Å². The Balaban J connectivity index is 1.75. The Morgan fingerprint density at radius 1 is 1.04 bits per heavy atom. The Labute approximate surface area is 146 Å². The summed E-state index contributed by atoms with van der Waals surface area (Å²) >= 11 is 0. The fourth-order valence-electron chi connectivity index (χ4n) is 3.09. The van der Waals surface area contributed by atoms with Gasteiger partial charge in [0, 0.05) is 16.9 Å². The molecular formula is C20H20N2O3. The standard InChI is InChI=1S/C20H20N2O3/c1-13(23)14-8-10-15(11-9-14)21-18(24)12-22-17-7-5-4-6-16(17)20(2,3)19(22)25/h4-11H,12H2,1-3H3,(H,21,24). The summed E-state index contributed by atoms with van der Waals surface area (Å²) < 4.78 is 0. The largest absolute Gasteiger partial charge is 0.325 e. The summed E-state index contributed by atoms with van der Waals surface area (Å²) in [5, 5.41) is 2.77. The van der Waals surface area contributed by atoms with Gasteiger partial charge < -0.3 is 10.2 Å². The number of benzene rings is 2. The maximum absolute atomic E-state index is 12.7. The van der Waals surface area contributed by atoms with Gasteiger partial charge in [0.2, 0.25) is 11.8 Å². The molecule has 0 saturated carbocycles. The third-order valence-corrected chi connectivity index (χ3v) is 4.52. The second-order valence-corrected chi connectivity index (χ2v) is 6.72. The third kappa shape index (κ3) is 3.05. The van der Waals surface area contributed by atoms with Crippen LogP contribution in [0.4, 0.5) is 11.4 Å². The number of hydrogen-bond acceptors (Lipinski definition) is 3. The van der Waals surface area contributed by atoms with Gasteiger partial charge in [-0.25, -0.2) is 0 Å². The number of carbonyl (C=O) groups is 3. The van der Waals surface area contributed by atoms with Gasteiger partial charge in [-0.3, -0.25) is 14.4 Å². The normalized spacial score (nSPS) is 15.0. The van der Waals surface area contributed by atoms with Crippen LogP contribution in [-0.4, -0.2) is 24.1 Å². The number of hydrogen-bond donors (Lipinski definition) is 1. The van der Waals surface area contributed by atoms with E-state index in [4.69, 9.17) is 0 Å². The van der Waals surface area contributed by atoms with Gasteiger partial charge in [-0.2, -0.15) is 0 Å². The number of carbonyl (C=O) groups excluding carboxylic acids is 3. The molecule has 2 amide bonds. The summed E-state index contributed by atoms with van der Waals surface area (Å²) in [6, 6.07) is 14.2. The summed E-state index contributed by atoms with van der Waals surface area (Å²) in [6.07, 6.45) is 0. The minimum Gasteiger partial charge on any atom is -0.325 e. The Bertz CT molecular complexity index is 853. The van der Waals surface area contributed by atoms with Crippen molar-refractivity contribution >= 4 is 29.0 Å². The molecule has 1 aliphatic rings. The van der Waals surface area contributed by atoms with Crippen molar-refractivity contribution in [2.45, 2.75) is 26.2 Å². The van der Waals surface area contributed by atoms with E-state index in [1.54, 1.807) is 24.3 Å². The molecule has 5 nitrogen and oxygen atoms in total. The zero-order chi connectivity index (χ0) is 18.2. The second kappa shape index (κ2) is 6.16. The molecule has 1 N–H and O–H groups in total. The van der Waals surface area contributed by atoms with Crippen molar-refractivity contribution in [1.82, 2.24) is 0 Å². The average Bonchev–Trinajstić information content (AvgIpc) is 2.77. The molecule has 1 heterocycles. The number of anilines is 2. The molecule has 0 atom stereocenters. The summed E-state index contributed by atoms with van der Waals surface area (Å²) in [6.45, 7) is 5.18. The number of amides is 2. The lowest BCUT2D eigenvalue weighted by Crippen LogP contribution is -2.40. The average molecular weight is 336 g/mol. The van der Waals surface area contributed by atoms with E-state index in [-0.39, 0.29) is 24.1 Å². The highest BCUT2D eigenvalue weighted by Crippen LogP contribution is 2.41. The van der Waals surface area contributed by atoms with E-state index in [1.807, 2.05) is 38.1 Å². The van der Waals surface area contributed by atoms with Gasteiger partial charge in [-0.15, -0.1) is 0 Å². The van der Waals surface area contributed by atoms with Gasteiger partial charge in [-0.05, 0) is 56.7 Å². The molecule has 25 heavy (non-hydrogen) atoms. The van der Waals surface area contributed by atoms with Crippen molar-refractivity contribution in [2.24, 2.45) is 0 Å². The van der Waals surface area contributed by atoms with Crippen LogP contribution in [0.25, 0.3) is 0 Å².